The van der Waals surface area contributed by atoms with Crippen LogP contribution in [-0.4, -0.2) is 44.7 Å². The predicted molar refractivity (Wildman–Crippen MR) is 136 cm³/mol. The normalized spacial score (nSPS) is 15.1. The van der Waals surface area contributed by atoms with Gasteiger partial charge in [-0.1, -0.05) is 18.6 Å². The first kappa shape index (κ1) is 24.8. The lowest BCUT2D eigenvalue weighted by Crippen LogP contribution is -2.40. The molecule has 0 saturated carbocycles. The van der Waals surface area contributed by atoms with E-state index in [4.69, 9.17) is 13.9 Å². The molecule has 1 aliphatic heterocycles. The van der Waals surface area contributed by atoms with Gasteiger partial charge in [0.15, 0.2) is 0 Å². The number of carbonyl (C=O) groups excluding carboxylic acids is 1. The molecule has 4 rings (SSSR count). The van der Waals surface area contributed by atoms with Crippen LogP contribution in [0.3, 0.4) is 0 Å². The van der Waals surface area contributed by atoms with Gasteiger partial charge in [0, 0.05) is 30.0 Å². The van der Waals surface area contributed by atoms with Crippen LogP contribution < -0.4 is 20.4 Å². The average Bonchev–Trinajstić information content (AvgIpc) is 2.89. The molecule has 1 saturated heterocycles. The summed E-state index contributed by atoms with van der Waals surface area (Å²) in [6.07, 6.45) is 4.15. The molecule has 1 fully saturated rings. The van der Waals surface area contributed by atoms with Gasteiger partial charge in [-0.25, -0.2) is 4.79 Å². The number of aryl methyl sites for hydroxylation is 1. The van der Waals surface area contributed by atoms with Crippen LogP contribution in [0.2, 0.25) is 0 Å². The summed E-state index contributed by atoms with van der Waals surface area (Å²) in [6.45, 7) is 4.47. The van der Waals surface area contributed by atoms with Gasteiger partial charge in [-0.05, 0) is 74.7 Å². The van der Waals surface area contributed by atoms with E-state index in [9.17, 15) is 9.59 Å². The molecule has 1 aromatic heterocycles. The molecule has 7 heteroatoms. The van der Waals surface area contributed by atoms with Crippen LogP contribution in [0.4, 0.5) is 0 Å². The molecule has 1 amide bonds. The van der Waals surface area contributed by atoms with E-state index < -0.39 is 5.63 Å². The number of ether oxygens (including phenoxy) is 2. The molecule has 0 aliphatic carbocycles. The number of likely N-dealkylation sites (tertiary alicyclic amines) is 1. The minimum absolute atomic E-state index is 0.0749. The Morgan fingerprint density at radius 2 is 1.71 bits per heavy atom. The van der Waals surface area contributed by atoms with Crippen LogP contribution >= 0.6 is 0 Å². The van der Waals surface area contributed by atoms with Gasteiger partial charge < -0.3 is 19.2 Å². The number of amides is 1. The van der Waals surface area contributed by atoms with Crippen molar-refractivity contribution in [2.75, 3.05) is 33.9 Å². The van der Waals surface area contributed by atoms with Crippen LogP contribution in [0.5, 0.6) is 11.5 Å². The van der Waals surface area contributed by atoms with Crippen molar-refractivity contribution in [1.82, 2.24) is 10.2 Å². The highest BCUT2D eigenvalue weighted by atomic mass is 16.5. The Morgan fingerprint density at radius 1 is 1.03 bits per heavy atom. The SMILES string of the molecule is COc1ccc(C(CNC(=O)CCc2c(C)c3ccc(OC)cc3oc2=O)N2CCCCC2)cc1. The Hall–Kier alpha value is -3.32. The third kappa shape index (κ3) is 5.85. The Labute approximate surface area is 206 Å². The molecule has 7 nitrogen and oxygen atoms in total. The highest BCUT2D eigenvalue weighted by Crippen LogP contribution is 2.27. The summed E-state index contributed by atoms with van der Waals surface area (Å²) in [5, 5.41) is 3.96. The van der Waals surface area contributed by atoms with Gasteiger partial charge in [0.05, 0.1) is 20.3 Å². The van der Waals surface area contributed by atoms with E-state index in [1.807, 2.05) is 31.2 Å². The van der Waals surface area contributed by atoms with Gasteiger partial charge in [-0.3, -0.25) is 9.69 Å². The molecule has 1 atom stereocenters. The fourth-order valence-corrected chi connectivity index (χ4v) is 4.84. The lowest BCUT2D eigenvalue weighted by atomic mass is 10.0. The topological polar surface area (TPSA) is 81.0 Å². The van der Waals surface area contributed by atoms with Crippen molar-refractivity contribution in [2.24, 2.45) is 0 Å². The highest BCUT2D eigenvalue weighted by Gasteiger charge is 2.23. The van der Waals surface area contributed by atoms with Gasteiger partial charge in [-0.2, -0.15) is 0 Å². The van der Waals surface area contributed by atoms with E-state index >= 15 is 0 Å². The third-order valence-electron chi connectivity index (χ3n) is 6.92. The summed E-state index contributed by atoms with van der Waals surface area (Å²) in [5.74, 6) is 1.37. The van der Waals surface area contributed by atoms with E-state index in [-0.39, 0.29) is 18.4 Å². The van der Waals surface area contributed by atoms with Crippen LogP contribution in [0.25, 0.3) is 11.0 Å². The fraction of sp³-hybridized carbons (Fsp3) is 0.429. The predicted octanol–water partition coefficient (Wildman–Crippen LogP) is 4.39. The molecule has 2 heterocycles. The van der Waals surface area contributed by atoms with Crippen molar-refractivity contribution < 1.29 is 18.7 Å². The van der Waals surface area contributed by atoms with Crippen molar-refractivity contribution >= 4 is 16.9 Å². The van der Waals surface area contributed by atoms with Crippen LogP contribution in [0.15, 0.2) is 51.7 Å². The monoisotopic (exact) mass is 478 g/mol. The number of nitrogens with zero attached hydrogens (tertiary/aromatic N) is 1. The first-order valence-electron chi connectivity index (χ1n) is 12.2. The maximum Gasteiger partial charge on any atom is 0.339 e. The second kappa shape index (κ2) is 11.4. The summed E-state index contributed by atoms with van der Waals surface area (Å²) in [7, 11) is 3.23. The fourth-order valence-electron chi connectivity index (χ4n) is 4.84. The maximum atomic E-state index is 12.8. The largest absolute Gasteiger partial charge is 0.497 e. The van der Waals surface area contributed by atoms with Crippen molar-refractivity contribution in [1.29, 1.82) is 0 Å². The van der Waals surface area contributed by atoms with Crippen molar-refractivity contribution in [3.63, 3.8) is 0 Å². The minimum Gasteiger partial charge on any atom is -0.497 e. The zero-order valence-corrected chi connectivity index (χ0v) is 20.8. The van der Waals surface area contributed by atoms with E-state index in [0.29, 0.717) is 29.9 Å². The van der Waals surface area contributed by atoms with Crippen molar-refractivity contribution in [3.8, 4) is 11.5 Å². The highest BCUT2D eigenvalue weighted by molar-refractivity contribution is 5.82. The van der Waals surface area contributed by atoms with E-state index in [0.717, 1.165) is 35.4 Å². The molecule has 1 unspecified atom stereocenters. The maximum absolute atomic E-state index is 12.8. The standard InChI is InChI=1S/C28H34N2O5/c1-19-23-12-11-22(34-3)17-26(23)35-28(32)24(19)13-14-27(31)29-18-25(30-15-5-4-6-16-30)20-7-9-21(33-2)10-8-20/h7-12,17,25H,4-6,13-16,18H2,1-3H3,(H,29,31). The molecule has 1 N–H and O–H groups in total. The Kier molecular flexibility index (Phi) is 8.08. The van der Waals surface area contributed by atoms with Gasteiger partial charge in [0.25, 0.3) is 0 Å². The van der Waals surface area contributed by atoms with Crippen LogP contribution in [0, 0.1) is 6.92 Å². The summed E-state index contributed by atoms with van der Waals surface area (Å²) < 4.78 is 16.0. The number of carbonyl (C=O) groups is 1. The number of rotatable bonds is 9. The van der Waals surface area contributed by atoms with E-state index in [1.165, 1.54) is 19.3 Å². The van der Waals surface area contributed by atoms with E-state index in [1.54, 1.807) is 20.3 Å². The van der Waals surface area contributed by atoms with Crippen molar-refractivity contribution in [3.05, 3.63) is 69.6 Å². The molecule has 0 spiro atoms. The quantitative estimate of drug-likeness (QED) is 0.460. The second-order valence-electron chi connectivity index (χ2n) is 9.04. The minimum atomic E-state index is -0.402. The lowest BCUT2D eigenvalue weighted by Gasteiger charge is -2.35. The Morgan fingerprint density at radius 3 is 2.40 bits per heavy atom. The smallest absolute Gasteiger partial charge is 0.339 e. The molecule has 1 aliphatic rings. The van der Waals surface area contributed by atoms with Crippen LogP contribution in [-0.2, 0) is 11.2 Å². The number of fused-ring (bicyclic) bond motifs is 1. The number of methoxy groups -OCH3 is 2. The molecular formula is C28H34N2O5. The zero-order valence-electron chi connectivity index (χ0n) is 20.8. The lowest BCUT2D eigenvalue weighted by molar-refractivity contribution is -0.121. The number of piperidine rings is 1. The van der Waals surface area contributed by atoms with Gasteiger partial charge in [-0.15, -0.1) is 0 Å². The number of benzene rings is 2. The number of hydrogen-bond donors (Lipinski definition) is 1. The Bertz CT molecular complexity index is 1210. The number of hydrogen-bond acceptors (Lipinski definition) is 6. The third-order valence-corrected chi connectivity index (χ3v) is 6.92. The van der Waals surface area contributed by atoms with Gasteiger partial charge in [0.1, 0.15) is 17.1 Å². The molecule has 2 aromatic carbocycles. The van der Waals surface area contributed by atoms with Crippen molar-refractivity contribution in [2.45, 2.75) is 45.1 Å². The summed E-state index contributed by atoms with van der Waals surface area (Å²) in [5.41, 5.74) is 2.63. The summed E-state index contributed by atoms with van der Waals surface area (Å²) >= 11 is 0. The average molecular weight is 479 g/mol. The number of nitrogens with one attached hydrogen (secondary N) is 1. The Balaban J connectivity index is 1.43. The molecule has 0 radical (unpaired) electrons. The van der Waals surface area contributed by atoms with Crippen LogP contribution in [0.1, 0.15) is 48.4 Å². The summed E-state index contributed by atoms with van der Waals surface area (Å²) in [6, 6.07) is 13.6. The van der Waals surface area contributed by atoms with E-state index in [2.05, 4.69) is 22.3 Å². The zero-order chi connectivity index (χ0) is 24.8. The molecule has 0 bridgehead atoms. The first-order chi connectivity index (χ1) is 17.0. The van der Waals surface area contributed by atoms with Gasteiger partial charge >= 0.3 is 5.63 Å². The molecule has 186 valence electrons. The molecule has 35 heavy (non-hydrogen) atoms. The summed E-state index contributed by atoms with van der Waals surface area (Å²) in [4.78, 5) is 27.9. The first-order valence-corrected chi connectivity index (χ1v) is 12.2. The van der Waals surface area contributed by atoms with Gasteiger partial charge in [0.2, 0.25) is 5.91 Å². The molecule has 3 aromatic rings. The second-order valence-corrected chi connectivity index (χ2v) is 9.04. The molecular weight excluding hydrogens is 444 g/mol.